The second-order valence-corrected chi connectivity index (χ2v) is 6.83. The molecule has 5 nitrogen and oxygen atoms in total. The molecule has 19 heavy (non-hydrogen) atoms. The molecule has 0 aliphatic carbocycles. The fourth-order valence-electron chi connectivity index (χ4n) is 2.00. The number of carboxylic acids is 1. The summed E-state index contributed by atoms with van der Waals surface area (Å²) in [6.07, 6.45) is 2.07. The molecule has 0 saturated carbocycles. The van der Waals surface area contributed by atoms with Gasteiger partial charge in [-0.15, -0.1) is 0 Å². The molecule has 7 heteroatoms. The van der Waals surface area contributed by atoms with Gasteiger partial charge in [-0.1, -0.05) is 6.92 Å². The topological polar surface area (TPSA) is 69.6 Å². The van der Waals surface area contributed by atoms with Gasteiger partial charge >= 0.3 is 12.0 Å². The minimum Gasteiger partial charge on any atom is -0.481 e. The maximum Gasteiger partial charge on any atom is 0.317 e. The molecule has 0 aromatic rings. The first-order valence-electron chi connectivity index (χ1n) is 6.37. The summed E-state index contributed by atoms with van der Waals surface area (Å²) in [5, 5.41) is 11.8. The van der Waals surface area contributed by atoms with E-state index in [9.17, 15) is 9.59 Å². The van der Waals surface area contributed by atoms with Crippen molar-refractivity contribution in [3.63, 3.8) is 0 Å². The molecule has 0 aromatic heterocycles. The quantitative estimate of drug-likeness (QED) is 0.780. The van der Waals surface area contributed by atoms with Crippen molar-refractivity contribution in [3.8, 4) is 0 Å². The lowest BCUT2D eigenvalue weighted by molar-refractivity contribution is -0.137. The molecule has 0 bridgehead atoms. The Bertz CT molecular complexity index is 315. The first-order valence-corrected chi connectivity index (χ1v) is 8.92. The number of nitrogens with zero attached hydrogens (tertiary/aromatic N) is 1. The summed E-state index contributed by atoms with van der Waals surface area (Å²) < 4.78 is 0. The number of amides is 2. The number of hydrogen-bond acceptors (Lipinski definition) is 4. The van der Waals surface area contributed by atoms with Crippen molar-refractivity contribution in [1.82, 2.24) is 10.2 Å². The average molecular weight is 306 g/mol. The number of carboxylic acid groups (broad SMARTS) is 1. The van der Waals surface area contributed by atoms with Crippen molar-refractivity contribution in [3.05, 3.63) is 0 Å². The minimum absolute atomic E-state index is 0.0286. The maximum absolute atomic E-state index is 12.1. The van der Waals surface area contributed by atoms with Crippen LogP contribution in [0.25, 0.3) is 0 Å². The number of nitrogens with one attached hydrogen (secondary N) is 1. The molecule has 1 aliphatic rings. The van der Waals surface area contributed by atoms with Gasteiger partial charge in [0.25, 0.3) is 0 Å². The summed E-state index contributed by atoms with van der Waals surface area (Å²) in [4.78, 5) is 24.6. The van der Waals surface area contributed by atoms with E-state index in [4.69, 9.17) is 5.11 Å². The molecule has 2 N–H and O–H groups in total. The van der Waals surface area contributed by atoms with Crippen LogP contribution in [-0.2, 0) is 4.79 Å². The van der Waals surface area contributed by atoms with Crippen molar-refractivity contribution in [2.24, 2.45) is 5.92 Å². The molecule has 0 aromatic carbocycles. The fraction of sp³-hybridized carbons (Fsp3) is 0.833. The van der Waals surface area contributed by atoms with Crippen LogP contribution in [-0.4, -0.2) is 64.7 Å². The van der Waals surface area contributed by atoms with Crippen LogP contribution in [0, 0.1) is 5.92 Å². The van der Waals surface area contributed by atoms with Gasteiger partial charge in [0.15, 0.2) is 0 Å². The molecule has 2 unspecified atom stereocenters. The Balaban J connectivity index is 2.45. The molecule has 1 aliphatic heterocycles. The van der Waals surface area contributed by atoms with Gasteiger partial charge in [-0.05, 0) is 17.9 Å². The second kappa shape index (κ2) is 8.58. The zero-order chi connectivity index (χ0) is 14.3. The Morgan fingerprint density at radius 3 is 2.95 bits per heavy atom. The second-order valence-electron chi connectivity index (χ2n) is 4.77. The van der Waals surface area contributed by atoms with Gasteiger partial charge in [0.05, 0.1) is 12.5 Å². The van der Waals surface area contributed by atoms with Gasteiger partial charge in [-0.3, -0.25) is 4.79 Å². The van der Waals surface area contributed by atoms with E-state index in [1.807, 2.05) is 6.26 Å². The van der Waals surface area contributed by atoms with Crippen LogP contribution in [0.4, 0.5) is 4.79 Å². The zero-order valence-electron chi connectivity index (χ0n) is 11.4. The predicted molar refractivity (Wildman–Crippen MR) is 81.0 cm³/mol. The van der Waals surface area contributed by atoms with E-state index in [1.54, 1.807) is 28.4 Å². The van der Waals surface area contributed by atoms with Crippen LogP contribution in [0.1, 0.15) is 13.3 Å². The van der Waals surface area contributed by atoms with Crippen LogP contribution in [0.3, 0.4) is 0 Å². The Kier molecular flexibility index (Phi) is 7.45. The molecule has 1 fully saturated rings. The first kappa shape index (κ1) is 16.5. The van der Waals surface area contributed by atoms with Gasteiger partial charge in [0.1, 0.15) is 0 Å². The molecular weight excluding hydrogens is 284 g/mol. The Labute approximate surface area is 122 Å². The lowest BCUT2D eigenvalue weighted by Gasteiger charge is -2.34. The standard InChI is InChI=1S/C12H22N2O3S2/c1-9(7-18-2)6-13-12(17)14-3-4-19-8-10(14)5-11(15)16/h9-10H,3-8H2,1-2H3,(H,13,17)(H,15,16). The summed E-state index contributed by atoms with van der Waals surface area (Å²) >= 11 is 3.47. The smallest absolute Gasteiger partial charge is 0.317 e. The largest absolute Gasteiger partial charge is 0.481 e. The Morgan fingerprint density at radius 2 is 2.32 bits per heavy atom. The first-order chi connectivity index (χ1) is 9.04. The van der Waals surface area contributed by atoms with E-state index < -0.39 is 5.97 Å². The normalized spacial score (nSPS) is 20.9. The van der Waals surface area contributed by atoms with E-state index >= 15 is 0 Å². The van der Waals surface area contributed by atoms with Crippen molar-refractivity contribution in [1.29, 1.82) is 0 Å². The summed E-state index contributed by atoms with van der Waals surface area (Å²) in [5.41, 5.74) is 0. The molecular formula is C12H22N2O3S2. The number of rotatable bonds is 6. The van der Waals surface area contributed by atoms with E-state index in [-0.39, 0.29) is 18.5 Å². The van der Waals surface area contributed by atoms with Gasteiger partial charge in [0, 0.05) is 24.6 Å². The Morgan fingerprint density at radius 1 is 1.58 bits per heavy atom. The number of hydrogen-bond donors (Lipinski definition) is 2. The predicted octanol–water partition coefficient (Wildman–Crippen LogP) is 1.59. The van der Waals surface area contributed by atoms with E-state index in [0.717, 1.165) is 11.5 Å². The molecule has 0 spiro atoms. The van der Waals surface area contributed by atoms with Crippen molar-refractivity contribution in [2.75, 3.05) is 36.6 Å². The van der Waals surface area contributed by atoms with Crippen molar-refractivity contribution in [2.45, 2.75) is 19.4 Å². The highest BCUT2D eigenvalue weighted by Crippen LogP contribution is 2.19. The summed E-state index contributed by atoms with van der Waals surface area (Å²) in [5.74, 6) is 2.18. The average Bonchev–Trinajstić information content (AvgIpc) is 2.36. The molecule has 1 saturated heterocycles. The number of thioether (sulfide) groups is 2. The number of urea groups is 1. The van der Waals surface area contributed by atoms with Gasteiger partial charge < -0.3 is 15.3 Å². The van der Waals surface area contributed by atoms with Crippen molar-refractivity contribution >= 4 is 35.5 Å². The molecule has 2 amide bonds. The molecule has 1 rings (SSSR count). The summed E-state index contributed by atoms with van der Waals surface area (Å²) in [6, 6.07) is -0.313. The van der Waals surface area contributed by atoms with Crippen LogP contribution < -0.4 is 5.32 Å². The minimum atomic E-state index is -0.846. The van der Waals surface area contributed by atoms with Gasteiger partial charge in [-0.2, -0.15) is 23.5 Å². The summed E-state index contributed by atoms with van der Waals surface area (Å²) in [6.45, 7) is 3.37. The number of carbonyl (C=O) groups excluding carboxylic acids is 1. The highest BCUT2D eigenvalue weighted by atomic mass is 32.2. The van der Waals surface area contributed by atoms with Crippen molar-refractivity contribution < 1.29 is 14.7 Å². The SMILES string of the molecule is CSCC(C)CNC(=O)N1CCSCC1CC(=O)O. The molecule has 1 heterocycles. The molecule has 0 radical (unpaired) electrons. The fourth-order valence-corrected chi connectivity index (χ4v) is 3.75. The monoisotopic (exact) mass is 306 g/mol. The zero-order valence-corrected chi connectivity index (χ0v) is 13.1. The van der Waals surface area contributed by atoms with E-state index in [0.29, 0.717) is 24.8 Å². The lowest BCUT2D eigenvalue weighted by Crippen LogP contribution is -2.51. The van der Waals surface area contributed by atoms with Crippen LogP contribution in [0.5, 0.6) is 0 Å². The van der Waals surface area contributed by atoms with Crippen LogP contribution in [0.2, 0.25) is 0 Å². The Hall–Kier alpha value is -0.560. The van der Waals surface area contributed by atoms with E-state index in [2.05, 4.69) is 12.2 Å². The molecule has 110 valence electrons. The van der Waals surface area contributed by atoms with Crippen LogP contribution >= 0.6 is 23.5 Å². The van der Waals surface area contributed by atoms with Gasteiger partial charge in [0.2, 0.25) is 0 Å². The third-order valence-electron chi connectivity index (χ3n) is 2.95. The molecule has 2 atom stereocenters. The maximum atomic E-state index is 12.1. The van der Waals surface area contributed by atoms with Gasteiger partial charge in [-0.25, -0.2) is 4.79 Å². The number of aliphatic carboxylic acids is 1. The van der Waals surface area contributed by atoms with Crippen LogP contribution in [0.15, 0.2) is 0 Å². The third-order valence-corrected chi connectivity index (χ3v) is 4.95. The number of carbonyl (C=O) groups is 2. The highest BCUT2D eigenvalue weighted by molar-refractivity contribution is 7.99. The summed E-state index contributed by atoms with van der Waals surface area (Å²) in [7, 11) is 0. The highest BCUT2D eigenvalue weighted by Gasteiger charge is 2.28. The lowest BCUT2D eigenvalue weighted by atomic mass is 10.2. The van der Waals surface area contributed by atoms with E-state index in [1.165, 1.54) is 0 Å². The third kappa shape index (κ3) is 5.95.